The number of esters is 1. The number of carbonyl (C=O) groups excluding carboxylic acids is 2. The molecule has 0 aliphatic rings. The van der Waals surface area contributed by atoms with Gasteiger partial charge in [-0.1, -0.05) is 30.7 Å². The van der Waals surface area contributed by atoms with Crippen molar-refractivity contribution in [1.82, 2.24) is 0 Å². The Hall–Kier alpha value is -2.58. The zero-order valence-corrected chi connectivity index (χ0v) is 18.2. The molecule has 0 heterocycles. The summed E-state index contributed by atoms with van der Waals surface area (Å²) in [6.45, 7) is 3.46. The van der Waals surface area contributed by atoms with Crippen molar-refractivity contribution in [3.05, 3.63) is 58.6 Å². The van der Waals surface area contributed by atoms with E-state index >= 15 is 0 Å². The van der Waals surface area contributed by atoms with E-state index in [1.165, 1.54) is 19.2 Å². The van der Waals surface area contributed by atoms with Gasteiger partial charge >= 0.3 is 5.97 Å². The van der Waals surface area contributed by atoms with Crippen LogP contribution in [0.5, 0.6) is 0 Å². The largest absolute Gasteiger partial charge is 0.465 e. The lowest BCUT2D eigenvalue weighted by atomic mass is 10.1. The molecule has 1 unspecified atom stereocenters. The van der Waals surface area contributed by atoms with Crippen LogP contribution in [0.15, 0.2) is 42.5 Å². The number of ether oxygens (including phenoxy) is 1. The van der Waals surface area contributed by atoms with E-state index in [0.717, 1.165) is 10.6 Å². The summed E-state index contributed by atoms with van der Waals surface area (Å²) in [5.74, 6) is -1.07. The van der Waals surface area contributed by atoms with Crippen LogP contribution in [0.3, 0.4) is 0 Å². The lowest BCUT2D eigenvalue weighted by molar-refractivity contribution is -0.117. The minimum absolute atomic E-state index is 0.224. The molecular weight excluding hydrogens is 416 g/mol. The van der Waals surface area contributed by atoms with Crippen LogP contribution in [-0.2, 0) is 19.6 Å². The number of hydrogen-bond donors (Lipinski definition) is 1. The molecule has 1 amide bonds. The monoisotopic (exact) mass is 438 g/mol. The molecule has 0 aliphatic carbocycles. The van der Waals surface area contributed by atoms with Gasteiger partial charge in [0.05, 0.1) is 24.6 Å². The predicted molar refractivity (Wildman–Crippen MR) is 114 cm³/mol. The first-order chi connectivity index (χ1) is 13.6. The molecule has 1 atom stereocenters. The Kier molecular flexibility index (Phi) is 7.26. The summed E-state index contributed by atoms with van der Waals surface area (Å²) in [5.41, 5.74) is 1.63. The maximum absolute atomic E-state index is 13.0. The quantitative estimate of drug-likeness (QED) is 0.666. The van der Waals surface area contributed by atoms with Gasteiger partial charge in [0.1, 0.15) is 6.04 Å². The number of carbonyl (C=O) groups is 2. The predicted octanol–water partition coefficient (Wildman–Crippen LogP) is 3.62. The number of amides is 1. The van der Waals surface area contributed by atoms with Crippen LogP contribution >= 0.6 is 11.6 Å². The second kappa shape index (κ2) is 9.28. The van der Waals surface area contributed by atoms with Crippen LogP contribution in [0.1, 0.15) is 29.3 Å². The van der Waals surface area contributed by atoms with Crippen molar-refractivity contribution in [2.24, 2.45) is 0 Å². The molecule has 0 saturated heterocycles. The van der Waals surface area contributed by atoms with Gasteiger partial charge in [-0.25, -0.2) is 13.2 Å². The average molecular weight is 439 g/mol. The number of anilines is 2. The molecule has 0 spiro atoms. The number of rotatable bonds is 7. The third-order valence-electron chi connectivity index (χ3n) is 4.29. The molecule has 2 rings (SSSR count). The third kappa shape index (κ3) is 5.48. The Bertz CT molecular complexity index is 1020. The maximum atomic E-state index is 13.0. The highest BCUT2D eigenvalue weighted by atomic mass is 35.5. The van der Waals surface area contributed by atoms with Crippen molar-refractivity contribution in [2.45, 2.75) is 26.3 Å². The molecule has 156 valence electrons. The van der Waals surface area contributed by atoms with Crippen molar-refractivity contribution in [3.8, 4) is 0 Å². The van der Waals surface area contributed by atoms with Crippen LogP contribution in [-0.4, -0.2) is 39.7 Å². The summed E-state index contributed by atoms with van der Waals surface area (Å²) >= 11 is 6.06. The van der Waals surface area contributed by atoms with Crippen LogP contribution < -0.4 is 9.62 Å². The van der Waals surface area contributed by atoms with Gasteiger partial charge in [0.2, 0.25) is 15.9 Å². The smallest absolute Gasteiger partial charge is 0.337 e. The van der Waals surface area contributed by atoms with E-state index in [4.69, 9.17) is 11.6 Å². The van der Waals surface area contributed by atoms with Crippen molar-refractivity contribution < 1.29 is 22.7 Å². The number of aryl methyl sites for hydroxylation is 1. The highest BCUT2D eigenvalue weighted by molar-refractivity contribution is 7.92. The number of halogens is 1. The van der Waals surface area contributed by atoms with Crippen LogP contribution in [0.2, 0.25) is 5.02 Å². The van der Waals surface area contributed by atoms with Gasteiger partial charge in [0, 0.05) is 10.7 Å². The summed E-state index contributed by atoms with van der Waals surface area (Å²) in [6.07, 6.45) is 1.27. The van der Waals surface area contributed by atoms with Crippen LogP contribution in [0.25, 0.3) is 0 Å². The van der Waals surface area contributed by atoms with Gasteiger partial charge < -0.3 is 10.1 Å². The Balaban J connectivity index is 2.42. The van der Waals surface area contributed by atoms with E-state index < -0.39 is 27.9 Å². The molecule has 7 nitrogen and oxygen atoms in total. The van der Waals surface area contributed by atoms with E-state index in [1.807, 2.05) is 0 Å². The maximum Gasteiger partial charge on any atom is 0.337 e. The molecule has 9 heteroatoms. The Labute approximate surface area is 175 Å². The van der Waals surface area contributed by atoms with Crippen molar-refractivity contribution in [1.29, 1.82) is 0 Å². The number of sulfonamides is 1. The molecule has 0 aromatic heterocycles. The summed E-state index contributed by atoms with van der Waals surface area (Å²) in [7, 11) is -2.53. The van der Waals surface area contributed by atoms with Crippen molar-refractivity contribution >= 4 is 44.9 Å². The first-order valence-electron chi connectivity index (χ1n) is 8.83. The Morgan fingerprint density at radius 1 is 1.21 bits per heavy atom. The second-order valence-corrected chi connectivity index (χ2v) is 8.77. The van der Waals surface area contributed by atoms with Crippen LogP contribution in [0.4, 0.5) is 11.4 Å². The first kappa shape index (κ1) is 22.7. The van der Waals surface area contributed by atoms with Gasteiger partial charge in [0.25, 0.3) is 0 Å². The van der Waals surface area contributed by atoms with Crippen LogP contribution in [0, 0.1) is 6.92 Å². The van der Waals surface area contributed by atoms with E-state index in [2.05, 4.69) is 10.1 Å². The summed E-state index contributed by atoms with van der Waals surface area (Å²) in [4.78, 5) is 24.7. The molecular formula is C20H23ClN2O5S. The minimum atomic E-state index is -3.79. The number of nitrogens with zero attached hydrogens (tertiary/aromatic N) is 1. The number of nitrogens with one attached hydrogen (secondary N) is 1. The number of benzene rings is 2. The molecule has 2 aromatic rings. The van der Waals surface area contributed by atoms with Crippen molar-refractivity contribution in [2.75, 3.05) is 23.0 Å². The molecule has 0 aliphatic heterocycles. The molecule has 29 heavy (non-hydrogen) atoms. The molecule has 0 saturated carbocycles. The van der Waals surface area contributed by atoms with Gasteiger partial charge in [-0.05, 0) is 49.2 Å². The first-order valence-corrected chi connectivity index (χ1v) is 11.1. The summed E-state index contributed by atoms with van der Waals surface area (Å²) in [6, 6.07) is 10.1. The Morgan fingerprint density at radius 3 is 2.48 bits per heavy atom. The zero-order chi connectivity index (χ0) is 21.8. The summed E-state index contributed by atoms with van der Waals surface area (Å²) < 4.78 is 30.9. The minimum Gasteiger partial charge on any atom is -0.465 e. The molecule has 0 radical (unpaired) electrons. The summed E-state index contributed by atoms with van der Waals surface area (Å²) in [5, 5.41) is 3.04. The van der Waals surface area contributed by atoms with Gasteiger partial charge in [-0.2, -0.15) is 0 Å². The molecule has 0 fully saturated rings. The highest BCUT2D eigenvalue weighted by Gasteiger charge is 2.32. The fourth-order valence-corrected chi connectivity index (χ4v) is 4.35. The topological polar surface area (TPSA) is 92.8 Å². The van der Waals surface area contributed by atoms with Crippen molar-refractivity contribution in [3.63, 3.8) is 0 Å². The molecule has 0 bridgehead atoms. The fourth-order valence-electron chi connectivity index (χ4n) is 2.92. The van der Waals surface area contributed by atoms with E-state index in [0.29, 0.717) is 22.0 Å². The molecule has 2 aromatic carbocycles. The average Bonchev–Trinajstić information content (AvgIpc) is 2.66. The lowest BCUT2D eigenvalue weighted by Gasteiger charge is -2.31. The van der Waals surface area contributed by atoms with Gasteiger partial charge in [-0.3, -0.25) is 9.10 Å². The molecule has 1 N–H and O–H groups in total. The second-order valence-electron chi connectivity index (χ2n) is 6.48. The zero-order valence-electron chi connectivity index (χ0n) is 16.6. The number of hydrogen-bond acceptors (Lipinski definition) is 5. The van der Waals surface area contributed by atoms with Gasteiger partial charge in [-0.15, -0.1) is 0 Å². The number of methoxy groups -OCH3 is 1. The fraction of sp³-hybridized carbons (Fsp3) is 0.300. The van der Waals surface area contributed by atoms with E-state index in [1.54, 1.807) is 44.2 Å². The highest BCUT2D eigenvalue weighted by Crippen LogP contribution is 2.29. The van der Waals surface area contributed by atoms with E-state index in [9.17, 15) is 18.0 Å². The third-order valence-corrected chi connectivity index (χ3v) is 5.69. The Morgan fingerprint density at radius 2 is 1.90 bits per heavy atom. The SMILES string of the molecule is CCC(C(=O)Nc1cccc(C(=O)OC)c1)N(c1cc(Cl)ccc1C)S(C)(=O)=O. The standard InChI is InChI=1S/C20H23ClN2O5S/c1-5-17(19(24)22-16-8-6-7-14(11-16)20(25)28-3)23(29(4,26)27)18-12-15(21)10-9-13(18)2/h6-12,17H,5H2,1-4H3,(H,22,24). The normalized spacial score (nSPS) is 12.2. The van der Waals surface area contributed by atoms with Gasteiger partial charge in [0.15, 0.2) is 0 Å². The van der Waals surface area contributed by atoms with E-state index in [-0.39, 0.29) is 12.0 Å². The lowest BCUT2D eigenvalue weighted by Crippen LogP contribution is -2.47.